The highest BCUT2D eigenvalue weighted by atomic mass is 16.3. The van der Waals surface area contributed by atoms with Crippen LogP contribution in [0.15, 0.2) is 23.3 Å². The minimum Gasteiger partial charge on any atom is -0.392 e. The van der Waals surface area contributed by atoms with Crippen molar-refractivity contribution in [2.75, 3.05) is 6.61 Å². The molecule has 1 fully saturated rings. The van der Waals surface area contributed by atoms with Crippen LogP contribution in [0.3, 0.4) is 0 Å². The second-order valence-corrected chi connectivity index (χ2v) is 6.82. The fourth-order valence-corrected chi connectivity index (χ4v) is 4.16. The van der Waals surface area contributed by atoms with E-state index in [-0.39, 0.29) is 29.1 Å². The van der Waals surface area contributed by atoms with Crippen LogP contribution in [-0.4, -0.2) is 17.5 Å². The molecule has 0 aromatic heterocycles. The van der Waals surface area contributed by atoms with Crippen LogP contribution in [-0.2, 0) is 4.79 Å². The molecule has 0 saturated heterocycles. The van der Waals surface area contributed by atoms with Crippen LogP contribution in [0, 0.1) is 22.7 Å². The normalized spacial score (nSPS) is 42.2. The maximum atomic E-state index is 12.4. The minimum atomic E-state index is -0.0995. The maximum Gasteiger partial charge on any atom is 0.164 e. The Labute approximate surface area is 102 Å². The van der Waals surface area contributed by atoms with Gasteiger partial charge in [0.1, 0.15) is 0 Å². The molecule has 3 atom stereocenters. The number of aliphatic hydroxyl groups excluding tert-OH is 1. The van der Waals surface area contributed by atoms with Crippen molar-refractivity contribution in [3.05, 3.63) is 23.3 Å². The van der Waals surface area contributed by atoms with Gasteiger partial charge in [-0.1, -0.05) is 32.9 Å². The number of ketones is 1. The molecular weight excluding hydrogens is 212 g/mol. The molecule has 92 valence electrons. The number of hydrogen-bond acceptors (Lipinski definition) is 2. The summed E-state index contributed by atoms with van der Waals surface area (Å²) in [5.74, 6) is 0.783. The number of hydrogen-bond donors (Lipinski definition) is 1. The van der Waals surface area contributed by atoms with Crippen LogP contribution in [0.4, 0.5) is 0 Å². The Morgan fingerprint density at radius 2 is 2.06 bits per heavy atom. The molecule has 1 N–H and O–H groups in total. The first-order valence-electron chi connectivity index (χ1n) is 6.47. The van der Waals surface area contributed by atoms with Gasteiger partial charge in [0.25, 0.3) is 0 Å². The smallest absolute Gasteiger partial charge is 0.164 e. The molecule has 0 radical (unpaired) electrons. The van der Waals surface area contributed by atoms with E-state index in [2.05, 4.69) is 26.8 Å². The Morgan fingerprint density at radius 1 is 1.35 bits per heavy atom. The van der Waals surface area contributed by atoms with Crippen molar-refractivity contribution < 1.29 is 9.90 Å². The van der Waals surface area contributed by atoms with Gasteiger partial charge in [0.05, 0.1) is 6.61 Å². The van der Waals surface area contributed by atoms with E-state index in [4.69, 9.17) is 0 Å². The van der Waals surface area contributed by atoms with Crippen LogP contribution in [0.2, 0.25) is 0 Å². The SMILES string of the molecule is CC1(C)C[C@H]2C(=O)C(CO)=C3C=C[C@]3(C)[C@H]2C1. The third kappa shape index (κ3) is 1.28. The van der Waals surface area contributed by atoms with Gasteiger partial charge in [-0.3, -0.25) is 4.79 Å². The summed E-state index contributed by atoms with van der Waals surface area (Å²) >= 11 is 0. The molecule has 0 unspecified atom stereocenters. The van der Waals surface area contributed by atoms with Crippen LogP contribution >= 0.6 is 0 Å². The van der Waals surface area contributed by atoms with Crippen molar-refractivity contribution in [3.63, 3.8) is 0 Å². The lowest BCUT2D eigenvalue weighted by Crippen LogP contribution is -2.44. The molecule has 0 heterocycles. The van der Waals surface area contributed by atoms with Gasteiger partial charge in [-0.25, -0.2) is 0 Å². The van der Waals surface area contributed by atoms with Gasteiger partial charge >= 0.3 is 0 Å². The predicted molar refractivity (Wildman–Crippen MR) is 66.4 cm³/mol. The third-order valence-corrected chi connectivity index (χ3v) is 5.09. The second-order valence-electron chi connectivity index (χ2n) is 6.82. The molecule has 0 aromatic rings. The summed E-state index contributed by atoms with van der Waals surface area (Å²) in [4.78, 5) is 12.4. The average Bonchev–Trinajstić information content (AvgIpc) is 2.57. The van der Waals surface area contributed by atoms with E-state index in [1.165, 1.54) is 0 Å². The second kappa shape index (κ2) is 3.11. The van der Waals surface area contributed by atoms with Crippen molar-refractivity contribution in [2.45, 2.75) is 33.6 Å². The van der Waals surface area contributed by atoms with E-state index in [1.54, 1.807) is 0 Å². The van der Waals surface area contributed by atoms with Crippen LogP contribution in [0.25, 0.3) is 0 Å². The van der Waals surface area contributed by atoms with Crippen LogP contribution in [0.1, 0.15) is 33.6 Å². The van der Waals surface area contributed by atoms with Crippen molar-refractivity contribution in [1.29, 1.82) is 0 Å². The highest BCUT2D eigenvalue weighted by molar-refractivity contribution is 6.01. The standard InChI is InChI=1S/C15H20O2/c1-14(2)6-9-12(7-14)15(3)5-4-11(15)10(8-16)13(9)17/h4-5,9,12,16H,6-8H2,1-3H3/t9-,12+,15+/m1/s1. The van der Waals surface area contributed by atoms with Gasteiger partial charge in [-0.2, -0.15) is 0 Å². The van der Waals surface area contributed by atoms with Gasteiger partial charge in [0.2, 0.25) is 0 Å². The zero-order chi connectivity index (χ0) is 12.4. The molecule has 17 heavy (non-hydrogen) atoms. The van der Waals surface area contributed by atoms with Crippen molar-refractivity contribution in [3.8, 4) is 0 Å². The van der Waals surface area contributed by atoms with E-state index in [1.807, 2.05) is 6.08 Å². The molecule has 3 rings (SSSR count). The third-order valence-electron chi connectivity index (χ3n) is 5.09. The van der Waals surface area contributed by atoms with E-state index < -0.39 is 0 Å². The lowest BCUT2D eigenvalue weighted by Gasteiger charge is -2.47. The number of allylic oxidation sites excluding steroid dienone is 3. The Bertz CT molecular complexity index is 456. The Kier molecular flexibility index (Phi) is 2.05. The summed E-state index contributed by atoms with van der Waals surface area (Å²) < 4.78 is 0. The molecule has 0 amide bonds. The summed E-state index contributed by atoms with van der Waals surface area (Å²) in [6.45, 7) is 6.63. The maximum absolute atomic E-state index is 12.4. The summed E-state index contributed by atoms with van der Waals surface area (Å²) in [6.07, 6.45) is 6.33. The highest BCUT2D eigenvalue weighted by Crippen LogP contribution is 2.62. The zero-order valence-electron chi connectivity index (χ0n) is 10.8. The first kappa shape index (κ1) is 11.2. The summed E-state index contributed by atoms with van der Waals surface area (Å²) in [7, 11) is 0. The molecule has 2 nitrogen and oxygen atoms in total. The first-order chi connectivity index (χ1) is 7.89. The highest BCUT2D eigenvalue weighted by Gasteiger charge is 2.56. The number of rotatable bonds is 1. The van der Waals surface area contributed by atoms with Gasteiger partial charge in [-0.15, -0.1) is 0 Å². The van der Waals surface area contributed by atoms with Crippen molar-refractivity contribution in [2.24, 2.45) is 22.7 Å². The summed E-state index contributed by atoms with van der Waals surface area (Å²) in [6, 6.07) is 0. The largest absolute Gasteiger partial charge is 0.392 e. The van der Waals surface area contributed by atoms with Gasteiger partial charge in [0.15, 0.2) is 5.78 Å². The topological polar surface area (TPSA) is 37.3 Å². The monoisotopic (exact) mass is 232 g/mol. The number of carbonyl (C=O) groups is 1. The average molecular weight is 232 g/mol. The quantitative estimate of drug-likeness (QED) is 0.754. The summed E-state index contributed by atoms with van der Waals surface area (Å²) in [5, 5.41) is 9.44. The molecule has 0 aliphatic heterocycles. The predicted octanol–water partition coefficient (Wildman–Crippen LogP) is 2.49. The van der Waals surface area contributed by atoms with Crippen LogP contribution in [0.5, 0.6) is 0 Å². The molecule has 0 spiro atoms. The Morgan fingerprint density at radius 3 is 2.59 bits per heavy atom. The number of aliphatic hydroxyl groups is 1. The molecule has 2 heteroatoms. The molecule has 3 aliphatic rings. The minimum absolute atomic E-state index is 0.0460. The fraction of sp³-hybridized carbons (Fsp3) is 0.667. The summed E-state index contributed by atoms with van der Waals surface area (Å²) in [5.41, 5.74) is 2.08. The Hall–Kier alpha value is -0.890. The lowest BCUT2D eigenvalue weighted by molar-refractivity contribution is -0.122. The molecule has 1 saturated carbocycles. The number of carbonyl (C=O) groups excluding carboxylic acids is 1. The lowest BCUT2D eigenvalue weighted by atomic mass is 9.55. The molecule has 3 aliphatic carbocycles. The van der Waals surface area contributed by atoms with Crippen molar-refractivity contribution >= 4 is 5.78 Å². The van der Waals surface area contributed by atoms with E-state index in [9.17, 15) is 9.90 Å². The fourth-order valence-electron chi connectivity index (χ4n) is 4.16. The molecular formula is C15H20O2. The van der Waals surface area contributed by atoms with E-state index in [0.717, 1.165) is 18.4 Å². The van der Waals surface area contributed by atoms with Crippen LogP contribution < -0.4 is 0 Å². The zero-order valence-corrected chi connectivity index (χ0v) is 10.8. The van der Waals surface area contributed by atoms with Gasteiger partial charge in [0, 0.05) is 16.9 Å². The van der Waals surface area contributed by atoms with Crippen molar-refractivity contribution in [1.82, 2.24) is 0 Å². The Balaban J connectivity index is 2.10. The van der Waals surface area contributed by atoms with Gasteiger partial charge in [-0.05, 0) is 29.7 Å². The number of Topliss-reactive ketones (excluding diaryl/α,β-unsaturated/α-hetero) is 1. The number of fused-ring (bicyclic) bond motifs is 3. The molecule has 0 aromatic carbocycles. The first-order valence-corrected chi connectivity index (χ1v) is 6.47. The van der Waals surface area contributed by atoms with Gasteiger partial charge < -0.3 is 5.11 Å². The molecule has 0 bridgehead atoms. The van der Waals surface area contributed by atoms with E-state index >= 15 is 0 Å². The van der Waals surface area contributed by atoms with E-state index in [0.29, 0.717) is 11.5 Å².